The number of rotatable bonds is 3. The van der Waals surface area contributed by atoms with E-state index in [0.717, 1.165) is 25.1 Å². The number of hydrogen-bond acceptors (Lipinski definition) is 2. The van der Waals surface area contributed by atoms with Crippen molar-refractivity contribution in [3.05, 3.63) is 17.5 Å². The van der Waals surface area contributed by atoms with Crippen molar-refractivity contribution in [1.29, 1.82) is 0 Å². The minimum Gasteiger partial charge on any atom is -0.308 e. The van der Waals surface area contributed by atoms with E-state index in [1.54, 1.807) is 0 Å². The summed E-state index contributed by atoms with van der Waals surface area (Å²) in [4.78, 5) is 0. The van der Waals surface area contributed by atoms with Gasteiger partial charge in [0.05, 0.1) is 11.4 Å². The SMILES string of the molecule is Cc1cc(CNC2CCC(Cl)CC2)n(C)n1. The Morgan fingerprint density at radius 3 is 2.69 bits per heavy atom. The Labute approximate surface area is 102 Å². The summed E-state index contributed by atoms with van der Waals surface area (Å²) >= 11 is 6.09. The number of nitrogens with one attached hydrogen (secondary N) is 1. The normalized spacial score (nSPS) is 25.9. The maximum absolute atomic E-state index is 6.09. The summed E-state index contributed by atoms with van der Waals surface area (Å²) in [6, 6.07) is 2.77. The van der Waals surface area contributed by atoms with Crippen LogP contribution in [0, 0.1) is 6.92 Å². The average molecular weight is 242 g/mol. The summed E-state index contributed by atoms with van der Waals surface area (Å²) in [5, 5.41) is 8.34. The molecule has 90 valence electrons. The van der Waals surface area contributed by atoms with E-state index < -0.39 is 0 Å². The minimum atomic E-state index is 0.400. The molecule has 0 aliphatic heterocycles. The molecule has 0 bridgehead atoms. The molecule has 0 radical (unpaired) electrons. The molecule has 1 N–H and O–H groups in total. The molecule has 1 aromatic rings. The van der Waals surface area contributed by atoms with Crippen LogP contribution in [0.3, 0.4) is 0 Å². The zero-order chi connectivity index (χ0) is 11.5. The molecule has 0 unspecified atom stereocenters. The van der Waals surface area contributed by atoms with Crippen LogP contribution in [0.2, 0.25) is 0 Å². The number of hydrogen-bond donors (Lipinski definition) is 1. The lowest BCUT2D eigenvalue weighted by Gasteiger charge is -2.25. The van der Waals surface area contributed by atoms with Gasteiger partial charge in [-0.05, 0) is 38.7 Å². The van der Waals surface area contributed by atoms with E-state index in [9.17, 15) is 0 Å². The molecular weight excluding hydrogens is 222 g/mol. The molecule has 1 aromatic heterocycles. The Morgan fingerprint density at radius 2 is 2.12 bits per heavy atom. The lowest BCUT2D eigenvalue weighted by atomic mass is 9.95. The predicted molar refractivity (Wildman–Crippen MR) is 66.7 cm³/mol. The van der Waals surface area contributed by atoms with E-state index in [0.29, 0.717) is 11.4 Å². The van der Waals surface area contributed by atoms with Gasteiger partial charge in [-0.25, -0.2) is 0 Å². The Hall–Kier alpha value is -0.540. The minimum absolute atomic E-state index is 0.400. The predicted octanol–water partition coefficient (Wildman–Crippen LogP) is 2.37. The molecule has 0 amide bonds. The van der Waals surface area contributed by atoms with Gasteiger partial charge in [-0.2, -0.15) is 5.10 Å². The van der Waals surface area contributed by atoms with Crippen LogP contribution in [0.1, 0.15) is 37.1 Å². The van der Waals surface area contributed by atoms with Crippen molar-refractivity contribution in [2.75, 3.05) is 0 Å². The standard InChI is InChI=1S/C12H20ClN3/c1-9-7-12(16(2)15-9)8-14-11-5-3-10(13)4-6-11/h7,10-11,14H,3-6,8H2,1-2H3. The number of halogens is 1. The molecule has 0 atom stereocenters. The van der Waals surface area contributed by atoms with Crippen LogP contribution in [0.15, 0.2) is 6.07 Å². The Morgan fingerprint density at radius 1 is 1.44 bits per heavy atom. The van der Waals surface area contributed by atoms with Gasteiger partial charge < -0.3 is 5.32 Å². The molecular formula is C12H20ClN3. The summed E-state index contributed by atoms with van der Waals surface area (Å²) in [6.07, 6.45) is 4.68. The van der Waals surface area contributed by atoms with E-state index in [1.807, 2.05) is 18.7 Å². The van der Waals surface area contributed by atoms with Gasteiger partial charge in [-0.3, -0.25) is 4.68 Å². The third kappa shape index (κ3) is 2.98. The van der Waals surface area contributed by atoms with Crippen LogP contribution in [0.4, 0.5) is 0 Å². The summed E-state index contributed by atoms with van der Waals surface area (Å²) in [7, 11) is 2.00. The summed E-state index contributed by atoms with van der Waals surface area (Å²) in [5.41, 5.74) is 2.34. The highest BCUT2D eigenvalue weighted by Crippen LogP contribution is 2.22. The van der Waals surface area contributed by atoms with E-state index in [1.165, 1.54) is 18.5 Å². The molecule has 0 spiro atoms. The first-order valence-electron chi connectivity index (χ1n) is 6.02. The van der Waals surface area contributed by atoms with E-state index >= 15 is 0 Å². The average Bonchev–Trinajstić information content (AvgIpc) is 2.57. The summed E-state index contributed by atoms with van der Waals surface area (Å²) < 4.78 is 1.95. The molecule has 1 fully saturated rings. The Bertz CT molecular complexity index is 340. The molecule has 1 aliphatic rings. The van der Waals surface area contributed by atoms with Gasteiger partial charge in [0.25, 0.3) is 0 Å². The van der Waals surface area contributed by atoms with E-state index in [2.05, 4.69) is 16.5 Å². The molecule has 4 heteroatoms. The zero-order valence-electron chi connectivity index (χ0n) is 10.0. The number of aromatic nitrogens is 2. The third-order valence-corrected chi connectivity index (χ3v) is 3.76. The van der Waals surface area contributed by atoms with Gasteiger partial charge in [0, 0.05) is 25.0 Å². The maximum Gasteiger partial charge on any atom is 0.0597 e. The quantitative estimate of drug-likeness (QED) is 0.824. The Kier molecular flexibility index (Phi) is 3.87. The molecule has 1 saturated carbocycles. The van der Waals surface area contributed by atoms with Crippen molar-refractivity contribution in [2.45, 2.75) is 50.6 Å². The van der Waals surface area contributed by atoms with Crippen LogP contribution in [0.25, 0.3) is 0 Å². The van der Waals surface area contributed by atoms with Crippen molar-refractivity contribution in [2.24, 2.45) is 7.05 Å². The highest BCUT2D eigenvalue weighted by molar-refractivity contribution is 6.20. The summed E-state index contributed by atoms with van der Waals surface area (Å²) in [6.45, 7) is 2.94. The zero-order valence-corrected chi connectivity index (χ0v) is 10.8. The van der Waals surface area contributed by atoms with Gasteiger partial charge in [0.15, 0.2) is 0 Å². The van der Waals surface area contributed by atoms with Crippen molar-refractivity contribution in [3.63, 3.8) is 0 Å². The first-order valence-corrected chi connectivity index (χ1v) is 6.46. The number of aryl methyl sites for hydroxylation is 2. The molecule has 1 aliphatic carbocycles. The molecule has 1 heterocycles. The van der Waals surface area contributed by atoms with Gasteiger partial charge >= 0.3 is 0 Å². The van der Waals surface area contributed by atoms with Gasteiger partial charge in [-0.1, -0.05) is 0 Å². The largest absolute Gasteiger partial charge is 0.308 e. The van der Waals surface area contributed by atoms with E-state index in [4.69, 9.17) is 11.6 Å². The van der Waals surface area contributed by atoms with Gasteiger partial charge in [0.1, 0.15) is 0 Å². The number of nitrogens with zero attached hydrogens (tertiary/aromatic N) is 2. The second kappa shape index (κ2) is 5.19. The van der Waals surface area contributed by atoms with Crippen molar-refractivity contribution in [1.82, 2.24) is 15.1 Å². The smallest absolute Gasteiger partial charge is 0.0597 e. The van der Waals surface area contributed by atoms with Crippen LogP contribution in [0.5, 0.6) is 0 Å². The molecule has 16 heavy (non-hydrogen) atoms. The highest BCUT2D eigenvalue weighted by atomic mass is 35.5. The molecule has 2 rings (SSSR count). The van der Waals surface area contributed by atoms with Gasteiger partial charge in [0.2, 0.25) is 0 Å². The van der Waals surface area contributed by atoms with Crippen LogP contribution in [-0.2, 0) is 13.6 Å². The fourth-order valence-corrected chi connectivity index (χ4v) is 2.59. The van der Waals surface area contributed by atoms with Crippen LogP contribution < -0.4 is 5.32 Å². The van der Waals surface area contributed by atoms with Crippen LogP contribution >= 0.6 is 11.6 Å². The van der Waals surface area contributed by atoms with Crippen molar-refractivity contribution < 1.29 is 0 Å². The molecule has 0 aromatic carbocycles. The number of alkyl halides is 1. The van der Waals surface area contributed by atoms with E-state index in [-0.39, 0.29) is 0 Å². The second-order valence-electron chi connectivity index (χ2n) is 4.73. The molecule has 0 saturated heterocycles. The third-order valence-electron chi connectivity index (χ3n) is 3.33. The first-order chi connectivity index (χ1) is 7.65. The van der Waals surface area contributed by atoms with Gasteiger partial charge in [-0.15, -0.1) is 11.6 Å². The summed E-state index contributed by atoms with van der Waals surface area (Å²) in [5.74, 6) is 0. The molecule has 3 nitrogen and oxygen atoms in total. The lowest BCUT2D eigenvalue weighted by Crippen LogP contribution is -2.33. The van der Waals surface area contributed by atoms with Crippen LogP contribution in [-0.4, -0.2) is 21.2 Å². The fraction of sp³-hybridized carbons (Fsp3) is 0.750. The van der Waals surface area contributed by atoms with Crippen molar-refractivity contribution in [3.8, 4) is 0 Å². The maximum atomic E-state index is 6.09. The second-order valence-corrected chi connectivity index (χ2v) is 5.35. The van der Waals surface area contributed by atoms with Crippen molar-refractivity contribution >= 4 is 11.6 Å². The lowest BCUT2D eigenvalue weighted by molar-refractivity contribution is 0.372. The fourth-order valence-electron chi connectivity index (χ4n) is 2.34. The Balaban J connectivity index is 1.81. The monoisotopic (exact) mass is 241 g/mol. The topological polar surface area (TPSA) is 29.9 Å². The highest BCUT2D eigenvalue weighted by Gasteiger charge is 2.19. The first kappa shape index (κ1) is 11.9.